The van der Waals surface area contributed by atoms with E-state index in [4.69, 9.17) is 4.74 Å². The van der Waals surface area contributed by atoms with Crippen LogP contribution in [-0.4, -0.2) is 37.9 Å². The first-order valence-electron chi connectivity index (χ1n) is 10.0. The Hall–Kier alpha value is -2.36. The lowest BCUT2D eigenvalue weighted by atomic mass is 10.2. The smallest absolute Gasteiger partial charge is 0.248 e. The summed E-state index contributed by atoms with van der Waals surface area (Å²) in [5.74, 6) is -1.07. The van der Waals surface area contributed by atoms with E-state index >= 15 is 0 Å². The van der Waals surface area contributed by atoms with Crippen LogP contribution in [0.15, 0.2) is 52.4 Å². The molecule has 0 saturated carbocycles. The Bertz CT molecular complexity index is 1230. The fourth-order valence-corrected chi connectivity index (χ4v) is 5.60. The van der Waals surface area contributed by atoms with E-state index in [1.165, 1.54) is 23.5 Å². The summed E-state index contributed by atoms with van der Waals surface area (Å²) in [6, 6.07) is 10.8. The largest absolute Gasteiger partial charge is 0.380 e. The molecule has 0 radical (unpaired) electrons. The van der Waals surface area contributed by atoms with E-state index in [0.29, 0.717) is 24.6 Å². The van der Waals surface area contributed by atoms with Gasteiger partial charge in [0.2, 0.25) is 5.91 Å². The minimum absolute atomic E-state index is 0.0131. The third-order valence-corrected chi connectivity index (χ3v) is 7.56. The van der Waals surface area contributed by atoms with Crippen LogP contribution >= 0.6 is 11.3 Å². The number of ether oxygens (including phenoxy) is 1. The van der Waals surface area contributed by atoms with E-state index < -0.39 is 15.7 Å². The SMILES string of the molecule is CCOCCn1c(=NC(=O)CCCS(=O)(=O)c2ccc(F)cc2)sc2cc(C)ccc21. The first-order valence-corrected chi connectivity index (χ1v) is 12.5. The molecule has 1 aromatic heterocycles. The van der Waals surface area contributed by atoms with Gasteiger partial charge in [0.25, 0.3) is 0 Å². The molecular formula is C22H25FN2O4S2. The number of carbonyl (C=O) groups excluding carboxylic acids is 1. The zero-order valence-corrected chi connectivity index (χ0v) is 19.1. The third kappa shape index (κ3) is 6.09. The molecule has 31 heavy (non-hydrogen) atoms. The van der Waals surface area contributed by atoms with Crippen molar-refractivity contribution < 1.29 is 22.3 Å². The van der Waals surface area contributed by atoms with Crippen LogP contribution in [0.5, 0.6) is 0 Å². The normalized spacial score (nSPS) is 12.5. The number of amides is 1. The van der Waals surface area contributed by atoms with Crippen molar-refractivity contribution in [3.63, 3.8) is 0 Å². The van der Waals surface area contributed by atoms with Crippen LogP contribution in [0.2, 0.25) is 0 Å². The van der Waals surface area contributed by atoms with Crippen LogP contribution in [0.25, 0.3) is 10.2 Å². The summed E-state index contributed by atoms with van der Waals surface area (Å²) in [6.07, 6.45) is 0.157. The van der Waals surface area contributed by atoms with Gasteiger partial charge in [-0.25, -0.2) is 12.8 Å². The highest BCUT2D eigenvalue weighted by molar-refractivity contribution is 7.91. The topological polar surface area (TPSA) is 77.7 Å². The van der Waals surface area contributed by atoms with Crippen molar-refractivity contribution in [3.8, 4) is 0 Å². The average molecular weight is 465 g/mol. The zero-order valence-electron chi connectivity index (χ0n) is 17.5. The summed E-state index contributed by atoms with van der Waals surface area (Å²) >= 11 is 1.43. The lowest BCUT2D eigenvalue weighted by Crippen LogP contribution is -2.20. The van der Waals surface area contributed by atoms with Gasteiger partial charge in [0.05, 0.1) is 27.5 Å². The zero-order chi connectivity index (χ0) is 22.4. The lowest BCUT2D eigenvalue weighted by Gasteiger charge is -2.06. The number of fused-ring (bicyclic) bond motifs is 1. The van der Waals surface area contributed by atoms with E-state index in [1.54, 1.807) is 0 Å². The summed E-state index contributed by atoms with van der Waals surface area (Å²) < 4.78 is 46.2. The van der Waals surface area contributed by atoms with Gasteiger partial charge in [-0.05, 0) is 62.2 Å². The molecule has 166 valence electrons. The summed E-state index contributed by atoms with van der Waals surface area (Å²) in [7, 11) is -3.57. The second-order valence-corrected chi connectivity index (χ2v) is 10.2. The van der Waals surface area contributed by atoms with Gasteiger partial charge in [-0.2, -0.15) is 4.99 Å². The molecule has 0 atom stereocenters. The van der Waals surface area contributed by atoms with Gasteiger partial charge in [-0.3, -0.25) is 4.79 Å². The van der Waals surface area contributed by atoms with Crippen LogP contribution < -0.4 is 4.80 Å². The van der Waals surface area contributed by atoms with Crippen LogP contribution in [0.4, 0.5) is 4.39 Å². The Kier molecular flexibility index (Phi) is 7.74. The van der Waals surface area contributed by atoms with E-state index in [9.17, 15) is 17.6 Å². The molecule has 0 spiro atoms. The molecule has 0 aliphatic heterocycles. The number of aromatic nitrogens is 1. The van der Waals surface area contributed by atoms with E-state index in [0.717, 1.165) is 27.9 Å². The molecule has 1 amide bonds. The number of aryl methyl sites for hydroxylation is 1. The quantitative estimate of drug-likeness (QED) is 0.356. The van der Waals surface area contributed by atoms with Crippen LogP contribution in [0.1, 0.15) is 25.3 Å². The molecule has 3 aromatic rings. The molecule has 0 fully saturated rings. The predicted octanol–water partition coefficient (Wildman–Crippen LogP) is 3.87. The van der Waals surface area contributed by atoms with Crippen molar-refractivity contribution in [1.29, 1.82) is 0 Å². The Balaban J connectivity index is 1.74. The van der Waals surface area contributed by atoms with Gasteiger partial charge in [-0.15, -0.1) is 0 Å². The van der Waals surface area contributed by atoms with Crippen molar-refractivity contribution in [1.82, 2.24) is 4.57 Å². The number of hydrogen-bond acceptors (Lipinski definition) is 5. The predicted molar refractivity (Wildman–Crippen MR) is 119 cm³/mol. The standard InChI is InChI=1S/C22H25FN2O4S2/c1-3-29-13-12-25-19-11-6-16(2)15-20(19)30-22(25)24-21(26)5-4-14-31(27,28)18-9-7-17(23)8-10-18/h6-11,15H,3-5,12-14H2,1-2H3. The van der Waals surface area contributed by atoms with Crippen molar-refractivity contribution in [2.75, 3.05) is 19.0 Å². The first kappa shape index (κ1) is 23.3. The maximum absolute atomic E-state index is 13.0. The number of thiazole rings is 1. The fraction of sp³-hybridized carbons (Fsp3) is 0.364. The van der Waals surface area contributed by atoms with Gasteiger partial charge in [-0.1, -0.05) is 17.4 Å². The highest BCUT2D eigenvalue weighted by Gasteiger charge is 2.15. The fourth-order valence-electron chi connectivity index (χ4n) is 3.12. The Morgan fingerprint density at radius 3 is 2.65 bits per heavy atom. The van der Waals surface area contributed by atoms with Crippen molar-refractivity contribution in [2.24, 2.45) is 4.99 Å². The van der Waals surface area contributed by atoms with E-state index in [-0.39, 0.29) is 29.4 Å². The minimum atomic E-state index is -3.57. The number of nitrogens with zero attached hydrogens (tertiary/aromatic N) is 2. The highest BCUT2D eigenvalue weighted by Crippen LogP contribution is 2.19. The number of carbonyl (C=O) groups is 1. The van der Waals surface area contributed by atoms with Crippen molar-refractivity contribution >= 4 is 37.3 Å². The summed E-state index contributed by atoms with van der Waals surface area (Å²) in [5.41, 5.74) is 2.11. The second-order valence-electron chi connectivity index (χ2n) is 7.09. The third-order valence-electron chi connectivity index (χ3n) is 4.70. The van der Waals surface area contributed by atoms with Gasteiger partial charge < -0.3 is 9.30 Å². The number of halogens is 1. The number of sulfone groups is 1. The van der Waals surface area contributed by atoms with Gasteiger partial charge in [0, 0.05) is 19.6 Å². The number of rotatable bonds is 9. The molecule has 0 aliphatic carbocycles. The second kappa shape index (κ2) is 10.3. The molecule has 0 N–H and O–H groups in total. The lowest BCUT2D eigenvalue weighted by molar-refractivity contribution is -0.118. The molecule has 3 rings (SSSR count). The van der Waals surface area contributed by atoms with Crippen molar-refractivity contribution in [3.05, 3.63) is 58.6 Å². The monoisotopic (exact) mass is 464 g/mol. The number of hydrogen-bond donors (Lipinski definition) is 0. The molecule has 0 bridgehead atoms. The summed E-state index contributed by atoms with van der Waals surface area (Å²) in [6.45, 7) is 5.62. The Morgan fingerprint density at radius 1 is 1.19 bits per heavy atom. The van der Waals surface area contributed by atoms with Gasteiger partial charge >= 0.3 is 0 Å². The van der Waals surface area contributed by atoms with Crippen LogP contribution in [0, 0.1) is 12.7 Å². The van der Waals surface area contributed by atoms with Gasteiger partial charge in [0.15, 0.2) is 14.6 Å². The highest BCUT2D eigenvalue weighted by atomic mass is 32.2. The summed E-state index contributed by atoms with van der Waals surface area (Å²) in [5, 5.41) is 0. The molecule has 1 heterocycles. The molecule has 6 nitrogen and oxygen atoms in total. The minimum Gasteiger partial charge on any atom is -0.380 e. The molecule has 0 unspecified atom stereocenters. The Labute approximate surface area is 184 Å². The molecule has 0 saturated heterocycles. The Morgan fingerprint density at radius 2 is 1.94 bits per heavy atom. The molecular weight excluding hydrogens is 439 g/mol. The number of benzene rings is 2. The van der Waals surface area contributed by atoms with Crippen molar-refractivity contribution in [2.45, 2.75) is 38.1 Å². The maximum atomic E-state index is 13.0. The molecule has 2 aromatic carbocycles. The van der Waals surface area contributed by atoms with E-state index in [1.807, 2.05) is 30.5 Å². The molecule has 9 heteroatoms. The van der Waals surface area contributed by atoms with Gasteiger partial charge in [0.1, 0.15) is 5.82 Å². The van der Waals surface area contributed by atoms with E-state index in [2.05, 4.69) is 11.1 Å². The van der Waals surface area contributed by atoms with Crippen LogP contribution in [-0.2, 0) is 25.9 Å². The summed E-state index contributed by atoms with van der Waals surface area (Å²) in [4.78, 5) is 17.3. The first-order chi connectivity index (χ1) is 14.8. The molecule has 0 aliphatic rings. The van der Waals surface area contributed by atoms with Crippen LogP contribution in [0.3, 0.4) is 0 Å². The maximum Gasteiger partial charge on any atom is 0.248 e. The average Bonchev–Trinajstić information content (AvgIpc) is 3.04.